The second kappa shape index (κ2) is 10.1. The number of hydrogen-bond donors (Lipinski definition) is 3. The third-order valence-electron chi connectivity index (χ3n) is 4.14. The van der Waals surface area contributed by atoms with Gasteiger partial charge < -0.3 is 24.0 Å². The normalized spacial score (nSPS) is 26.9. The third-order valence-corrected chi connectivity index (χ3v) is 4.61. The summed E-state index contributed by atoms with van der Waals surface area (Å²) in [7, 11) is -3.32. The maximum atomic E-state index is 12.1. The van der Waals surface area contributed by atoms with Crippen molar-refractivity contribution in [2.45, 2.75) is 57.1 Å². The fourth-order valence-electron chi connectivity index (χ4n) is 2.89. The van der Waals surface area contributed by atoms with Crippen molar-refractivity contribution in [3.8, 4) is 0 Å². The van der Waals surface area contributed by atoms with Gasteiger partial charge in [-0.1, -0.05) is 26.2 Å². The first-order valence-electron chi connectivity index (χ1n) is 8.57. The lowest BCUT2D eigenvalue weighted by Crippen LogP contribution is -2.40. The lowest BCUT2D eigenvalue weighted by atomic mass is 10.1. The fourth-order valence-corrected chi connectivity index (χ4v) is 3.41. The molecule has 11 heteroatoms. The van der Waals surface area contributed by atoms with Gasteiger partial charge in [0.1, 0.15) is 18.3 Å². The summed E-state index contributed by atoms with van der Waals surface area (Å²) < 4.78 is 28.8. The molecule has 2 heterocycles. The van der Waals surface area contributed by atoms with E-state index in [-0.39, 0.29) is 0 Å². The van der Waals surface area contributed by atoms with Crippen LogP contribution in [0.4, 0.5) is 0 Å². The van der Waals surface area contributed by atoms with E-state index in [1.54, 1.807) is 0 Å². The second-order valence-electron chi connectivity index (χ2n) is 6.01. The van der Waals surface area contributed by atoms with Gasteiger partial charge in [-0.05, 0) is 6.42 Å². The van der Waals surface area contributed by atoms with E-state index in [1.807, 2.05) is 0 Å². The van der Waals surface area contributed by atoms with E-state index in [4.69, 9.17) is 18.9 Å². The van der Waals surface area contributed by atoms with Gasteiger partial charge in [0, 0.05) is 18.9 Å². The average molecular weight is 392 g/mol. The maximum Gasteiger partial charge on any atom is 0.330 e. The molecule has 10 nitrogen and oxygen atoms in total. The Hall–Kier alpha value is -1.29. The summed E-state index contributed by atoms with van der Waals surface area (Å²) in [5.41, 5.74) is -1.27. The van der Waals surface area contributed by atoms with E-state index in [0.717, 1.165) is 36.3 Å². The SMILES string of the molecule is CCCCCCOC1C(O[PH](=O)O)[C@@H](CO)O[C@H]1n1ccc(=O)[nH]c1=O. The molecule has 148 valence electrons. The Balaban J connectivity index is 2.23. The minimum absolute atomic E-state index is 0.340. The molecular weight excluding hydrogens is 367 g/mol. The highest BCUT2D eigenvalue weighted by Gasteiger charge is 2.48. The van der Waals surface area contributed by atoms with Crippen LogP contribution in [0, 0.1) is 0 Å². The molecule has 0 aliphatic carbocycles. The quantitative estimate of drug-likeness (QED) is 0.378. The first-order chi connectivity index (χ1) is 12.5. The van der Waals surface area contributed by atoms with Crippen LogP contribution >= 0.6 is 8.25 Å². The van der Waals surface area contributed by atoms with Crippen LogP contribution in [0.1, 0.15) is 38.8 Å². The Morgan fingerprint density at radius 3 is 2.69 bits per heavy atom. The molecule has 0 spiro atoms. The van der Waals surface area contributed by atoms with Crippen molar-refractivity contribution in [2.75, 3.05) is 13.2 Å². The van der Waals surface area contributed by atoms with Crippen LogP contribution in [0.25, 0.3) is 0 Å². The van der Waals surface area contributed by atoms with Gasteiger partial charge in [0.2, 0.25) is 0 Å². The number of aliphatic hydroxyl groups is 1. The summed E-state index contributed by atoms with van der Waals surface area (Å²) in [4.78, 5) is 34.6. The highest BCUT2D eigenvalue weighted by atomic mass is 31.1. The van der Waals surface area contributed by atoms with Crippen molar-refractivity contribution in [1.29, 1.82) is 0 Å². The van der Waals surface area contributed by atoms with Gasteiger partial charge in [-0.3, -0.25) is 18.9 Å². The van der Waals surface area contributed by atoms with Crippen LogP contribution in [0.2, 0.25) is 0 Å². The molecule has 1 aliphatic rings. The minimum Gasteiger partial charge on any atom is -0.394 e. The molecule has 26 heavy (non-hydrogen) atoms. The predicted molar refractivity (Wildman–Crippen MR) is 92.3 cm³/mol. The first-order valence-corrected chi connectivity index (χ1v) is 9.83. The molecule has 1 aromatic heterocycles. The number of nitrogens with one attached hydrogen (secondary N) is 1. The Labute approximate surface area is 150 Å². The van der Waals surface area contributed by atoms with Crippen molar-refractivity contribution in [3.63, 3.8) is 0 Å². The minimum atomic E-state index is -3.32. The number of aliphatic hydroxyl groups excluding tert-OH is 1. The number of unbranched alkanes of at least 4 members (excludes halogenated alkanes) is 3. The highest BCUT2D eigenvalue weighted by molar-refractivity contribution is 7.32. The summed E-state index contributed by atoms with van der Waals surface area (Å²) in [6, 6.07) is 1.15. The number of nitrogens with zero attached hydrogens (tertiary/aromatic N) is 1. The molecule has 0 radical (unpaired) electrons. The molecule has 5 atom stereocenters. The van der Waals surface area contributed by atoms with Gasteiger partial charge in [0.05, 0.1) is 6.61 Å². The maximum absolute atomic E-state index is 12.1. The monoisotopic (exact) mass is 392 g/mol. The number of aromatic amines is 1. The standard InChI is InChI=1S/C15H25N2O8P/c1-2-3-4-5-8-23-13-12(25-26(21)22)10(9-18)24-14(13)17-7-6-11(19)16-15(17)20/h6-7,10,12-14,18,26H,2-5,8-9H2,1H3,(H,21,22)(H,16,19,20)/t10-,12?,13?,14-/m1/s1. The van der Waals surface area contributed by atoms with E-state index < -0.39 is 50.7 Å². The molecule has 2 rings (SSSR count). The Kier molecular flexibility index (Phi) is 8.20. The Bertz CT molecular complexity index is 705. The van der Waals surface area contributed by atoms with Crippen LogP contribution in [-0.2, 0) is 18.6 Å². The predicted octanol–water partition coefficient (Wildman–Crippen LogP) is 0.159. The zero-order valence-electron chi connectivity index (χ0n) is 14.5. The Morgan fingerprint density at radius 1 is 1.31 bits per heavy atom. The third kappa shape index (κ3) is 5.35. The zero-order valence-corrected chi connectivity index (χ0v) is 15.5. The lowest BCUT2D eigenvalue weighted by Gasteiger charge is -2.24. The number of ether oxygens (including phenoxy) is 2. The number of H-pyrrole nitrogens is 1. The molecule has 3 N–H and O–H groups in total. The van der Waals surface area contributed by atoms with Crippen LogP contribution in [0.3, 0.4) is 0 Å². The largest absolute Gasteiger partial charge is 0.394 e. The zero-order chi connectivity index (χ0) is 19.1. The highest BCUT2D eigenvalue weighted by Crippen LogP contribution is 2.37. The van der Waals surface area contributed by atoms with Crippen molar-refractivity contribution in [1.82, 2.24) is 9.55 Å². The molecule has 3 unspecified atom stereocenters. The molecule has 1 aliphatic heterocycles. The molecule has 0 bridgehead atoms. The number of aromatic nitrogens is 2. The lowest BCUT2D eigenvalue weighted by molar-refractivity contribution is -0.0744. The number of rotatable bonds is 10. The summed E-state index contributed by atoms with van der Waals surface area (Å²) in [5, 5.41) is 9.51. The van der Waals surface area contributed by atoms with E-state index in [1.165, 1.54) is 6.20 Å². The van der Waals surface area contributed by atoms with E-state index >= 15 is 0 Å². The van der Waals surface area contributed by atoms with Crippen LogP contribution in [-0.4, -0.2) is 51.1 Å². The summed E-state index contributed by atoms with van der Waals surface area (Å²) in [5.74, 6) is 0. The van der Waals surface area contributed by atoms with Crippen molar-refractivity contribution in [2.24, 2.45) is 0 Å². The first kappa shape index (κ1) is 21.0. The van der Waals surface area contributed by atoms with Crippen molar-refractivity contribution >= 4 is 8.25 Å². The Morgan fingerprint density at radius 2 is 2.08 bits per heavy atom. The van der Waals surface area contributed by atoms with Gasteiger partial charge in [-0.2, -0.15) is 0 Å². The van der Waals surface area contributed by atoms with Crippen LogP contribution in [0.5, 0.6) is 0 Å². The van der Waals surface area contributed by atoms with Crippen molar-refractivity contribution in [3.05, 3.63) is 33.1 Å². The molecule has 0 saturated carbocycles. The average Bonchev–Trinajstić information content (AvgIpc) is 2.91. The molecule has 1 aromatic rings. The van der Waals surface area contributed by atoms with E-state index in [9.17, 15) is 19.3 Å². The van der Waals surface area contributed by atoms with Crippen molar-refractivity contribution < 1.29 is 28.6 Å². The second-order valence-corrected chi connectivity index (χ2v) is 6.78. The molecule has 1 saturated heterocycles. The summed E-state index contributed by atoms with van der Waals surface area (Å²) >= 11 is 0. The van der Waals surface area contributed by atoms with Gasteiger partial charge in [-0.15, -0.1) is 0 Å². The molecular formula is C15H25N2O8P. The van der Waals surface area contributed by atoms with Crippen LogP contribution in [0.15, 0.2) is 21.9 Å². The smallest absolute Gasteiger partial charge is 0.330 e. The molecule has 0 amide bonds. The van der Waals surface area contributed by atoms with Gasteiger partial charge in [0.15, 0.2) is 6.23 Å². The van der Waals surface area contributed by atoms with E-state index in [2.05, 4.69) is 11.9 Å². The van der Waals surface area contributed by atoms with Gasteiger partial charge in [0.25, 0.3) is 5.56 Å². The van der Waals surface area contributed by atoms with Gasteiger partial charge >= 0.3 is 13.9 Å². The topological polar surface area (TPSA) is 140 Å². The molecule has 1 fully saturated rings. The fraction of sp³-hybridized carbons (Fsp3) is 0.733. The summed E-state index contributed by atoms with van der Waals surface area (Å²) in [6.45, 7) is 1.94. The van der Waals surface area contributed by atoms with E-state index in [0.29, 0.717) is 6.61 Å². The number of hydrogen-bond acceptors (Lipinski definition) is 7. The molecule has 0 aromatic carbocycles. The summed E-state index contributed by atoms with van der Waals surface area (Å²) in [6.07, 6.45) is 1.22. The van der Waals surface area contributed by atoms with Gasteiger partial charge in [-0.25, -0.2) is 4.79 Å². The van der Waals surface area contributed by atoms with Crippen LogP contribution < -0.4 is 11.2 Å².